The highest BCUT2D eigenvalue weighted by Crippen LogP contribution is 2.42. The minimum Gasteiger partial charge on any atom is -0.369 e. The van der Waals surface area contributed by atoms with Gasteiger partial charge in [-0.1, -0.05) is 30.3 Å². The summed E-state index contributed by atoms with van der Waals surface area (Å²) < 4.78 is 5.69. The molecule has 1 fully saturated rings. The molecule has 2 aromatic rings. The molecule has 1 N–H and O–H groups in total. The van der Waals surface area contributed by atoms with E-state index in [1.54, 1.807) is 7.11 Å². The molecule has 4 rings (SSSR count). The van der Waals surface area contributed by atoms with Gasteiger partial charge in [-0.2, -0.15) is 0 Å². The lowest BCUT2D eigenvalue weighted by Gasteiger charge is -2.17. The van der Waals surface area contributed by atoms with Gasteiger partial charge in [0.1, 0.15) is 6.10 Å². The lowest BCUT2D eigenvalue weighted by molar-refractivity contribution is 0.128. The fourth-order valence-electron chi connectivity index (χ4n) is 3.04. The average molecular weight is 281 g/mol. The second kappa shape index (κ2) is 5.20. The van der Waals surface area contributed by atoms with Gasteiger partial charge in [-0.05, 0) is 18.4 Å². The van der Waals surface area contributed by atoms with Crippen molar-refractivity contribution in [2.24, 2.45) is 0 Å². The number of ether oxygens (including phenoxy) is 1. The molecule has 1 aromatic carbocycles. The molecule has 1 saturated carbocycles. The van der Waals surface area contributed by atoms with Crippen LogP contribution in [0, 0.1) is 0 Å². The van der Waals surface area contributed by atoms with Gasteiger partial charge in [-0.3, -0.25) is 0 Å². The first kappa shape index (κ1) is 12.9. The quantitative estimate of drug-likeness (QED) is 0.936. The van der Waals surface area contributed by atoms with Crippen LogP contribution in [0.3, 0.4) is 0 Å². The molecular formula is C17H19N3O. The van der Waals surface area contributed by atoms with Crippen molar-refractivity contribution in [2.75, 3.05) is 7.11 Å². The van der Waals surface area contributed by atoms with Crippen LogP contribution in [0.15, 0.2) is 30.3 Å². The van der Waals surface area contributed by atoms with Gasteiger partial charge in [-0.25, -0.2) is 9.97 Å². The van der Waals surface area contributed by atoms with Gasteiger partial charge in [-0.15, -0.1) is 0 Å². The van der Waals surface area contributed by atoms with Gasteiger partial charge in [0.2, 0.25) is 0 Å². The molecule has 0 amide bonds. The summed E-state index contributed by atoms with van der Waals surface area (Å²) in [6.45, 7) is 1.75. The van der Waals surface area contributed by atoms with Crippen LogP contribution in [0.5, 0.6) is 0 Å². The lowest BCUT2D eigenvalue weighted by Crippen LogP contribution is -2.12. The van der Waals surface area contributed by atoms with Crippen LogP contribution >= 0.6 is 0 Å². The van der Waals surface area contributed by atoms with Crippen molar-refractivity contribution in [3.05, 3.63) is 58.7 Å². The summed E-state index contributed by atoms with van der Waals surface area (Å²) >= 11 is 0. The highest BCUT2D eigenvalue weighted by atomic mass is 16.5. The molecule has 0 saturated heterocycles. The minimum atomic E-state index is -0.186. The third kappa shape index (κ3) is 2.34. The van der Waals surface area contributed by atoms with E-state index in [9.17, 15) is 0 Å². The van der Waals surface area contributed by atoms with E-state index < -0.39 is 0 Å². The smallest absolute Gasteiger partial charge is 0.162 e. The topological polar surface area (TPSA) is 47.0 Å². The Balaban J connectivity index is 1.79. The van der Waals surface area contributed by atoms with Gasteiger partial charge >= 0.3 is 0 Å². The molecule has 1 aliphatic heterocycles. The Hall–Kier alpha value is -1.78. The number of aromatic nitrogens is 2. The zero-order chi connectivity index (χ0) is 14.2. The molecule has 1 aliphatic carbocycles. The molecular weight excluding hydrogens is 262 g/mol. The Morgan fingerprint density at radius 3 is 2.67 bits per heavy atom. The van der Waals surface area contributed by atoms with Crippen LogP contribution in [-0.2, 0) is 17.8 Å². The molecule has 108 valence electrons. The van der Waals surface area contributed by atoms with E-state index in [0.717, 1.165) is 30.2 Å². The number of hydrogen-bond acceptors (Lipinski definition) is 4. The number of nitrogens with zero attached hydrogens (tertiary/aromatic N) is 2. The number of fused-ring (bicyclic) bond motifs is 1. The number of nitrogens with one attached hydrogen (secondary N) is 1. The first-order valence-corrected chi connectivity index (χ1v) is 7.55. The molecule has 2 aliphatic rings. The van der Waals surface area contributed by atoms with E-state index in [1.165, 1.54) is 24.1 Å². The van der Waals surface area contributed by atoms with Crippen molar-refractivity contribution in [3.63, 3.8) is 0 Å². The normalized spacial score (nSPS) is 18.5. The van der Waals surface area contributed by atoms with Crippen LogP contribution in [0.4, 0.5) is 0 Å². The van der Waals surface area contributed by atoms with Crippen molar-refractivity contribution in [1.29, 1.82) is 0 Å². The molecule has 0 radical (unpaired) electrons. The second-order valence-corrected chi connectivity index (χ2v) is 5.80. The monoisotopic (exact) mass is 281 g/mol. The predicted molar refractivity (Wildman–Crippen MR) is 79.8 cm³/mol. The van der Waals surface area contributed by atoms with E-state index in [1.807, 2.05) is 18.2 Å². The molecule has 1 atom stereocenters. The van der Waals surface area contributed by atoms with Crippen LogP contribution in [-0.4, -0.2) is 17.1 Å². The summed E-state index contributed by atoms with van der Waals surface area (Å²) in [7, 11) is 1.73. The van der Waals surface area contributed by atoms with Crippen molar-refractivity contribution >= 4 is 0 Å². The number of benzene rings is 1. The fraction of sp³-hybridized carbons (Fsp3) is 0.412. The standard InChI is InChI=1S/C17H19N3O/c1-21-16(12-5-3-2-4-6-12)17-19-14-10-18-9-13(14)15(20-17)11-7-8-11/h2-6,11,16,18H,7-10H2,1H3. The van der Waals surface area contributed by atoms with E-state index in [0.29, 0.717) is 5.92 Å². The maximum Gasteiger partial charge on any atom is 0.162 e. The van der Waals surface area contributed by atoms with E-state index >= 15 is 0 Å². The minimum absolute atomic E-state index is 0.186. The van der Waals surface area contributed by atoms with Gasteiger partial charge in [0.15, 0.2) is 5.82 Å². The van der Waals surface area contributed by atoms with Gasteiger partial charge < -0.3 is 10.1 Å². The summed E-state index contributed by atoms with van der Waals surface area (Å²) in [5, 5.41) is 3.39. The third-order valence-corrected chi connectivity index (χ3v) is 4.27. The summed E-state index contributed by atoms with van der Waals surface area (Å²) in [6, 6.07) is 10.2. The highest BCUT2D eigenvalue weighted by Gasteiger charge is 2.32. The van der Waals surface area contributed by atoms with E-state index in [2.05, 4.69) is 17.4 Å². The predicted octanol–water partition coefficient (Wildman–Crippen LogP) is 2.69. The summed E-state index contributed by atoms with van der Waals surface area (Å²) in [4.78, 5) is 9.65. The van der Waals surface area contributed by atoms with Crippen LogP contribution in [0.1, 0.15) is 53.2 Å². The van der Waals surface area contributed by atoms with Crippen LogP contribution in [0.25, 0.3) is 0 Å². The second-order valence-electron chi connectivity index (χ2n) is 5.80. The van der Waals surface area contributed by atoms with Crippen molar-refractivity contribution in [3.8, 4) is 0 Å². The van der Waals surface area contributed by atoms with Crippen molar-refractivity contribution in [1.82, 2.24) is 15.3 Å². The van der Waals surface area contributed by atoms with Crippen molar-refractivity contribution in [2.45, 2.75) is 38.0 Å². The average Bonchev–Trinajstić information content (AvgIpc) is 3.26. The Kier molecular flexibility index (Phi) is 3.20. The molecule has 2 heterocycles. The summed E-state index contributed by atoms with van der Waals surface area (Å²) in [6.07, 6.45) is 2.33. The molecule has 0 bridgehead atoms. The first-order chi connectivity index (χ1) is 10.4. The highest BCUT2D eigenvalue weighted by molar-refractivity contribution is 5.35. The molecule has 4 heteroatoms. The zero-order valence-corrected chi connectivity index (χ0v) is 12.2. The molecule has 4 nitrogen and oxygen atoms in total. The van der Waals surface area contributed by atoms with Crippen LogP contribution in [0.2, 0.25) is 0 Å². The van der Waals surface area contributed by atoms with Crippen LogP contribution < -0.4 is 5.32 Å². The Labute approximate surface area is 124 Å². The molecule has 1 aromatic heterocycles. The Morgan fingerprint density at radius 1 is 1.14 bits per heavy atom. The SMILES string of the molecule is COC(c1ccccc1)c1nc2c(c(C3CC3)n1)CNC2. The third-order valence-electron chi connectivity index (χ3n) is 4.27. The number of methoxy groups -OCH3 is 1. The number of rotatable bonds is 4. The van der Waals surface area contributed by atoms with E-state index in [4.69, 9.17) is 14.7 Å². The fourth-order valence-corrected chi connectivity index (χ4v) is 3.04. The zero-order valence-electron chi connectivity index (χ0n) is 12.2. The molecule has 1 unspecified atom stereocenters. The Bertz CT molecular complexity index is 653. The van der Waals surface area contributed by atoms with E-state index in [-0.39, 0.29) is 6.10 Å². The molecule has 21 heavy (non-hydrogen) atoms. The maximum atomic E-state index is 5.69. The molecule has 0 spiro atoms. The largest absolute Gasteiger partial charge is 0.369 e. The Morgan fingerprint density at radius 2 is 1.95 bits per heavy atom. The van der Waals surface area contributed by atoms with Gasteiger partial charge in [0.05, 0.1) is 11.4 Å². The number of hydrogen-bond donors (Lipinski definition) is 1. The van der Waals surface area contributed by atoms with Gasteiger partial charge in [0.25, 0.3) is 0 Å². The maximum absolute atomic E-state index is 5.69. The summed E-state index contributed by atoms with van der Waals surface area (Å²) in [5.74, 6) is 1.43. The lowest BCUT2D eigenvalue weighted by atomic mass is 10.1. The first-order valence-electron chi connectivity index (χ1n) is 7.55. The van der Waals surface area contributed by atoms with Gasteiger partial charge in [0, 0.05) is 31.7 Å². The van der Waals surface area contributed by atoms with Crippen molar-refractivity contribution < 1.29 is 4.74 Å². The summed E-state index contributed by atoms with van der Waals surface area (Å²) in [5.41, 5.74) is 4.83.